The lowest BCUT2D eigenvalue weighted by Crippen LogP contribution is -2.45. The van der Waals surface area contributed by atoms with Crippen molar-refractivity contribution in [1.82, 2.24) is 46.6 Å². The van der Waals surface area contributed by atoms with Crippen molar-refractivity contribution in [2.24, 2.45) is 11.7 Å². The number of nitrogens with zero attached hydrogens (tertiary/aromatic N) is 3. The first-order valence-electron chi connectivity index (χ1n) is 27.0. The van der Waals surface area contributed by atoms with Gasteiger partial charge in [-0.3, -0.25) is 47.9 Å². The largest absolute Gasteiger partial charge is 0.481 e. The summed E-state index contributed by atoms with van der Waals surface area (Å²) in [6, 6.07) is 5.43. The number of amides is 6. The van der Waals surface area contributed by atoms with E-state index >= 15 is 0 Å². The molecule has 1 aromatic carbocycles. The molecule has 30 heteroatoms. The van der Waals surface area contributed by atoms with Gasteiger partial charge in [-0.15, -0.1) is 10.2 Å². The number of aromatic amines is 1. The fraction of sp³-hybridized carbons (Fsp3) is 0.667. The van der Waals surface area contributed by atoms with Crippen LogP contribution in [0.2, 0.25) is 0 Å². The summed E-state index contributed by atoms with van der Waals surface area (Å²) in [5, 5.41) is 45.0. The summed E-state index contributed by atoms with van der Waals surface area (Å²) in [5.41, 5.74) is 6.96. The zero-order valence-electron chi connectivity index (χ0n) is 46.6. The number of primary amides is 1. The molecule has 0 aliphatic carbocycles. The Bertz CT molecular complexity index is 2330. The van der Waals surface area contributed by atoms with Gasteiger partial charge in [0.15, 0.2) is 11.6 Å². The fourth-order valence-corrected chi connectivity index (χ4v) is 8.02. The third-order valence-electron chi connectivity index (χ3n) is 11.4. The van der Waals surface area contributed by atoms with Crippen molar-refractivity contribution >= 4 is 74.7 Å². The number of rotatable bonds is 47. The number of nitrogens with one attached hydrogen (secondary N) is 7. The Morgan fingerprint density at radius 2 is 1.31 bits per heavy atom. The summed E-state index contributed by atoms with van der Waals surface area (Å²) < 4.78 is 47.1. The summed E-state index contributed by atoms with van der Waals surface area (Å²) >= 11 is 0. The number of carbonyl (C=O) groups is 10. The molecule has 1 heterocycles. The summed E-state index contributed by atoms with van der Waals surface area (Å²) in [6.45, 7) is 7.64. The normalized spacial score (nSPS) is 12.1. The van der Waals surface area contributed by atoms with Crippen molar-refractivity contribution in [2.75, 3.05) is 83.6 Å². The third kappa shape index (κ3) is 37.5. The Kier molecular flexibility index (Phi) is 38.9. The third-order valence-corrected chi connectivity index (χ3v) is 12.8. The number of aryl methyl sites for hydroxylation is 1. The predicted octanol–water partition coefficient (Wildman–Crippen LogP) is 0.489. The van der Waals surface area contributed by atoms with Gasteiger partial charge in [-0.1, -0.05) is 26.0 Å². The number of hydrogen-bond acceptors (Lipinski definition) is 20. The maximum Gasteiger partial charge on any atom is 0.326 e. The molecule has 0 aliphatic rings. The number of sulfonamides is 1. The van der Waals surface area contributed by atoms with Crippen molar-refractivity contribution in [1.29, 1.82) is 0 Å². The van der Waals surface area contributed by atoms with E-state index in [2.05, 4.69) is 54.1 Å². The van der Waals surface area contributed by atoms with Gasteiger partial charge in [0.05, 0.1) is 44.7 Å². The molecule has 3 atom stereocenters. The van der Waals surface area contributed by atoms with E-state index in [1.165, 1.54) is 0 Å². The maximum atomic E-state index is 12.3. The molecule has 0 bridgehead atoms. The number of aliphatic carboxylic acids is 2. The summed E-state index contributed by atoms with van der Waals surface area (Å²) in [4.78, 5) is 117. The maximum absolute atomic E-state index is 12.3. The molecule has 0 fully saturated rings. The number of carbonyl (C=O) groups excluding carboxylic acids is 8. The minimum atomic E-state index is -3.89. The van der Waals surface area contributed by atoms with E-state index in [0.29, 0.717) is 82.5 Å². The number of ketones is 2. The lowest BCUT2D eigenvalue weighted by atomic mass is 9.97. The Morgan fingerprint density at radius 3 is 1.94 bits per heavy atom. The molecule has 0 radical (unpaired) electrons. The number of hydrogen-bond donors (Lipinski definition) is 10. The van der Waals surface area contributed by atoms with Gasteiger partial charge in [0.1, 0.15) is 31.1 Å². The second kappa shape index (κ2) is 43.7. The van der Waals surface area contributed by atoms with E-state index in [-0.39, 0.29) is 103 Å². The Morgan fingerprint density at radius 1 is 0.642 bits per heavy atom. The van der Waals surface area contributed by atoms with Crippen LogP contribution in [0.5, 0.6) is 0 Å². The van der Waals surface area contributed by atoms with Crippen LogP contribution in [-0.2, 0) is 78.5 Å². The molecule has 2 rings (SSSR count). The van der Waals surface area contributed by atoms with Crippen molar-refractivity contribution in [3.05, 3.63) is 35.7 Å². The molecule has 29 nitrogen and oxygen atoms in total. The van der Waals surface area contributed by atoms with E-state index in [1.807, 2.05) is 23.8 Å². The highest BCUT2D eigenvalue weighted by atomic mass is 32.2. The average Bonchev–Trinajstić information content (AvgIpc) is 3.95. The van der Waals surface area contributed by atoms with Crippen molar-refractivity contribution < 1.29 is 85.5 Å². The standard InChI is InChI=1S/C26H42N4O6.C25H41N7O12S/c1-3-14-28-21-12-10-20(11-13-21)26(34)29-15-6-5-9-23(25(27)33)30-24(32)19-36-18-17-35-16-7-8-22(31)4-2;1-2-19(25(39)40)27-22(35)9-8-17(24(37)38)15-18(33)16-44-13-12-43-11-10-26-21(34)7-4-14-45(41,42)30-23(36)6-3-5-20-28-31-32-29-20/h10-13,23,28H,3-9,14-19H2,1-2H3,(H2,27,33)(H,29,34)(H,30,32);17,19H,2-16H2,1H3,(H,26,34)(H,27,35)(H,30,36)(H,37,38)(H,39,40)(H,28,29,31,32)/t23-;17-,19?/m01/s1. The van der Waals surface area contributed by atoms with Crippen LogP contribution in [0.3, 0.4) is 0 Å². The smallest absolute Gasteiger partial charge is 0.326 e. The van der Waals surface area contributed by atoms with Gasteiger partial charge >= 0.3 is 11.9 Å². The van der Waals surface area contributed by atoms with Gasteiger partial charge < -0.3 is 61.5 Å². The number of carboxylic acids is 2. The number of benzene rings is 1. The first-order chi connectivity index (χ1) is 38.7. The Balaban J connectivity index is 0.000000830. The predicted molar refractivity (Wildman–Crippen MR) is 291 cm³/mol. The monoisotopic (exact) mass is 1170 g/mol. The van der Waals surface area contributed by atoms with Gasteiger partial charge in [0.2, 0.25) is 39.6 Å². The van der Waals surface area contributed by atoms with Crippen molar-refractivity contribution in [3.63, 3.8) is 0 Å². The van der Waals surface area contributed by atoms with Crippen LogP contribution in [-0.4, -0.2) is 189 Å². The van der Waals surface area contributed by atoms with Gasteiger partial charge in [-0.2, -0.15) is 5.21 Å². The molecule has 2 aromatic rings. The van der Waals surface area contributed by atoms with E-state index in [4.69, 9.17) is 29.8 Å². The van der Waals surface area contributed by atoms with Gasteiger partial charge in [-0.25, -0.2) is 13.2 Å². The zero-order valence-corrected chi connectivity index (χ0v) is 47.4. The SMILES string of the molecule is CCC(NC(=O)CC[C@H](CC(=O)COCCOCCNC(=O)CCCS(=O)(=O)NC(=O)CCCc1nn[nH]n1)C(=O)O)C(=O)O.CCCNc1ccc(C(=O)NCCCC[C@H](NC(=O)COCCOCCCC(=O)CC)C(N)=O)cc1. The van der Waals surface area contributed by atoms with Gasteiger partial charge in [0.25, 0.3) is 5.91 Å². The molecule has 0 saturated heterocycles. The summed E-state index contributed by atoms with van der Waals surface area (Å²) in [6.07, 6.45) is 4.33. The number of aromatic nitrogens is 4. The molecule has 0 spiro atoms. The van der Waals surface area contributed by atoms with Crippen LogP contribution in [0.15, 0.2) is 24.3 Å². The van der Waals surface area contributed by atoms with E-state index in [0.717, 1.165) is 18.7 Å². The molecule has 81 heavy (non-hydrogen) atoms. The van der Waals surface area contributed by atoms with Crippen LogP contribution >= 0.6 is 0 Å². The van der Waals surface area contributed by atoms with Crippen molar-refractivity contribution in [3.8, 4) is 0 Å². The molecule has 1 aromatic heterocycles. The molecule has 0 saturated carbocycles. The van der Waals surface area contributed by atoms with Crippen LogP contribution in [0.1, 0.15) is 133 Å². The van der Waals surface area contributed by atoms with Gasteiger partial charge in [-0.05, 0) is 82.1 Å². The number of tetrazole rings is 1. The van der Waals surface area contributed by atoms with Crippen molar-refractivity contribution in [2.45, 2.75) is 136 Å². The minimum absolute atomic E-state index is 0.00000913. The lowest BCUT2D eigenvalue weighted by molar-refractivity contribution is -0.145. The van der Waals surface area contributed by atoms with Crippen LogP contribution in [0, 0.1) is 5.92 Å². The molecular formula is C51H83N11O18S. The molecule has 1 unspecified atom stereocenters. The Hall–Kier alpha value is -7.02. The number of Topliss-reactive ketones (excluding diaryl/α,β-unsaturated/α-hetero) is 2. The first-order valence-corrected chi connectivity index (χ1v) is 28.7. The summed E-state index contributed by atoms with van der Waals surface area (Å²) in [5.74, 6) is -6.76. The van der Waals surface area contributed by atoms with Crippen LogP contribution in [0.25, 0.3) is 0 Å². The number of unbranched alkanes of at least 4 members (excludes halogenated alkanes) is 1. The first kappa shape index (κ1) is 72.0. The molecule has 11 N–H and O–H groups in total. The van der Waals surface area contributed by atoms with E-state index in [1.54, 1.807) is 19.1 Å². The van der Waals surface area contributed by atoms with E-state index in [9.17, 15) is 61.5 Å². The Labute approximate surface area is 471 Å². The van der Waals surface area contributed by atoms with Crippen LogP contribution < -0.4 is 37.0 Å². The lowest BCUT2D eigenvalue weighted by Gasteiger charge is -2.15. The molecular weight excluding hydrogens is 1090 g/mol. The highest BCUT2D eigenvalue weighted by Crippen LogP contribution is 2.14. The van der Waals surface area contributed by atoms with Gasteiger partial charge in [0, 0.05) is 82.4 Å². The second-order valence-electron chi connectivity index (χ2n) is 18.3. The number of anilines is 1. The number of carboxylic acid groups (broad SMARTS) is 2. The molecule has 456 valence electrons. The second-order valence-corrected chi connectivity index (χ2v) is 20.1. The number of ether oxygens (including phenoxy) is 4. The number of H-pyrrole nitrogens is 1. The quantitative estimate of drug-likeness (QED) is 0.0403. The highest BCUT2D eigenvalue weighted by Gasteiger charge is 2.24. The highest BCUT2D eigenvalue weighted by molar-refractivity contribution is 7.90. The summed E-state index contributed by atoms with van der Waals surface area (Å²) in [7, 11) is -3.89. The number of nitrogens with two attached hydrogens (primary N) is 1. The average molecular weight is 1170 g/mol. The topological polar surface area (TPSA) is 435 Å². The molecule has 0 aliphatic heterocycles. The van der Waals surface area contributed by atoms with E-state index < -0.39 is 81.0 Å². The minimum Gasteiger partial charge on any atom is -0.481 e. The zero-order chi connectivity index (χ0) is 60.3. The fourth-order valence-electron chi connectivity index (χ4n) is 6.95. The van der Waals surface area contributed by atoms with Crippen LogP contribution in [0.4, 0.5) is 5.69 Å². The molecule has 6 amide bonds.